The molecule has 0 radical (unpaired) electrons. The zero-order chi connectivity index (χ0) is 13.0. The molecule has 1 unspecified atom stereocenters. The van der Waals surface area contributed by atoms with Crippen LogP contribution in [0.15, 0.2) is 18.5 Å². The van der Waals surface area contributed by atoms with Crippen LogP contribution >= 0.6 is 0 Å². The molecule has 0 bridgehead atoms. The second-order valence-corrected chi connectivity index (χ2v) is 4.36. The zero-order valence-electron chi connectivity index (χ0n) is 10.3. The molecule has 1 aromatic rings. The fourth-order valence-electron chi connectivity index (χ4n) is 1.93. The molecule has 1 aliphatic heterocycles. The van der Waals surface area contributed by atoms with Crippen LogP contribution in [0.5, 0.6) is 0 Å². The highest BCUT2D eigenvalue weighted by atomic mass is 16.5. The Labute approximate surface area is 106 Å². The van der Waals surface area contributed by atoms with Gasteiger partial charge >= 0.3 is 5.97 Å². The molecule has 0 aromatic carbocycles. The van der Waals surface area contributed by atoms with E-state index in [0.717, 1.165) is 13.1 Å². The van der Waals surface area contributed by atoms with Crippen LogP contribution in [-0.4, -0.2) is 60.4 Å². The summed E-state index contributed by atoms with van der Waals surface area (Å²) in [5.74, 6) is -0.979. The lowest BCUT2D eigenvalue weighted by molar-refractivity contribution is -0.0117. The van der Waals surface area contributed by atoms with Crippen molar-refractivity contribution in [1.29, 1.82) is 0 Å². The van der Waals surface area contributed by atoms with Crippen molar-refractivity contribution in [1.82, 2.24) is 9.88 Å². The van der Waals surface area contributed by atoms with Gasteiger partial charge in [-0.15, -0.1) is 0 Å². The van der Waals surface area contributed by atoms with Gasteiger partial charge in [0, 0.05) is 32.0 Å². The Morgan fingerprint density at radius 3 is 3.28 bits per heavy atom. The number of ether oxygens (including phenoxy) is 1. The summed E-state index contributed by atoms with van der Waals surface area (Å²) in [4.78, 5) is 17.0. The lowest BCUT2D eigenvalue weighted by Crippen LogP contribution is -2.43. The first-order valence-corrected chi connectivity index (χ1v) is 5.88. The molecule has 0 aliphatic carbocycles. The first kappa shape index (κ1) is 12.8. The van der Waals surface area contributed by atoms with Crippen LogP contribution in [-0.2, 0) is 4.74 Å². The summed E-state index contributed by atoms with van der Waals surface area (Å²) < 4.78 is 5.60. The maximum Gasteiger partial charge on any atom is 0.339 e. The van der Waals surface area contributed by atoms with Crippen molar-refractivity contribution in [3.63, 3.8) is 0 Å². The van der Waals surface area contributed by atoms with Crippen LogP contribution in [0, 0.1) is 0 Å². The van der Waals surface area contributed by atoms with Crippen LogP contribution in [0.3, 0.4) is 0 Å². The van der Waals surface area contributed by atoms with E-state index in [9.17, 15) is 4.79 Å². The van der Waals surface area contributed by atoms with Gasteiger partial charge in [-0.25, -0.2) is 4.79 Å². The highest BCUT2D eigenvalue weighted by Gasteiger charge is 2.18. The first-order chi connectivity index (χ1) is 8.66. The summed E-state index contributed by atoms with van der Waals surface area (Å²) in [6.07, 6.45) is 3.00. The molecule has 1 aromatic heterocycles. The summed E-state index contributed by atoms with van der Waals surface area (Å²) >= 11 is 0. The Hall–Kier alpha value is -1.66. The number of pyridine rings is 1. The molecule has 0 spiro atoms. The highest BCUT2D eigenvalue weighted by molar-refractivity contribution is 5.93. The zero-order valence-corrected chi connectivity index (χ0v) is 10.3. The fraction of sp³-hybridized carbons (Fsp3) is 0.500. The molecule has 1 atom stereocenters. The number of anilines is 1. The molecule has 2 rings (SSSR count). The molecule has 2 N–H and O–H groups in total. The topological polar surface area (TPSA) is 74.7 Å². The molecular formula is C12H17N3O3. The van der Waals surface area contributed by atoms with Gasteiger partial charge in [0.15, 0.2) is 0 Å². The molecule has 6 heteroatoms. The lowest BCUT2D eigenvalue weighted by atomic mass is 10.2. The van der Waals surface area contributed by atoms with Crippen molar-refractivity contribution in [3.8, 4) is 0 Å². The summed E-state index contributed by atoms with van der Waals surface area (Å²) in [6, 6.07) is 1.66. The van der Waals surface area contributed by atoms with Gasteiger partial charge in [-0.05, 0) is 13.1 Å². The Bertz CT molecular complexity index is 425. The largest absolute Gasteiger partial charge is 0.478 e. The summed E-state index contributed by atoms with van der Waals surface area (Å²) in [5, 5.41) is 12.1. The number of rotatable bonds is 4. The number of aromatic carboxylic acids is 1. The second-order valence-electron chi connectivity index (χ2n) is 4.36. The molecule has 0 amide bonds. The standard InChI is InChI=1S/C12H17N3O3/c1-15-4-5-18-9(8-15)6-14-11-2-3-13-7-10(11)12(16)17/h2-3,7,9H,4-6,8H2,1H3,(H,13,14)(H,16,17). The van der Waals surface area contributed by atoms with Gasteiger partial charge in [0.2, 0.25) is 0 Å². The molecule has 98 valence electrons. The predicted molar refractivity (Wildman–Crippen MR) is 66.9 cm³/mol. The first-order valence-electron chi connectivity index (χ1n) is 5.88. The fourth-order valence-corrected chi connectivity index (χ4v) is 1.93. The van der Waals surface area contributed by atoms with E-state index in [1.165, 1.54) is 6.20 Å². The number of hydrogen-bond acceptors (Lipinski definition) is 5. The van der Waals surface area contributed by atoms with Crippen molar-refractivity contribution in [2.75, 3.05) is 38.6 Å². The Balaban J connectivity index is 1.95. The van der Waals surface area contributed by atoms with Crippen molar-refractivity contribution >= 4 is 11.7 Å². The smallest absolute Gasteiger partial charge is 0.339 e. The van der Waals surface area contributed by atoms with E-state index >= 15 is 0 Å². The van der Waals surface area contributed by atoms with E-state index in [1.54, 1.807) is 12.3 Å². The number of morpholine rings is 1. The lowest BCUT2D eigenvalue weighted by Gasteiger charge is -2.30. The van der Waals surface area contributed by atoms with Crippen molar-refractivity contribution in [2.24, 2.45) is 0 Å². The summed E-state index contributed by atoms with van der Waals surface area (Å²) in [7, 11) is 2.05. The Kier molecular flexibility index (Phi) is 4.11. The normalized spacial score (nSPS) is 20.6. The summed E-state index contributed by atoms with van der Waals surface area (Å²) in [6.45, 7) is 3.09. The highest BCUT2D eigenvalue weighted by Crippen LogP contribution is 2.14. The number of hydrogen-bond donors (Lipinski definition) is 2. The third-order valence-corrected chi connectivity index (χ3v) is 2.91. The van der Waals surface area contributed by atoms with Gasteiger partial charge < -0.3 is 20.1 Å². The minimum Gasteiger partial charge on any atom is -0.478 e. The van der Waals surface area contributed by atoms with Gasteiger partial charge in [-0.3, -0.25) is 4.98 Å². The number of nitrogens with one attached hydrogen (secondary N) is 1. The molecule has 1 saturated heterocycles. The second kappa shape index (κ2) is 5.79. The van der Waals surface area contributed by atoms with E-state index in [4.69, 9.17) is 9.84 Å². The van der Waals surface area contributed by atoms with E-state index in [0.29, 0.717) is 18.8 Å². The molecule has 2 heterocycles. The Morgan fingerprint density at radius 2 is 2.56 bits per heavy atom. The number of carbonyl (C=O) groups is 1. The van der Waals surface area contributed by atoms with E-state index < -0.39 is 5.97 Å². The van der Waals surface area contributed by atoms with Crippen molar-refractivity contribution in [3.05, 3.63) is 24.0 Å². The monoisotopic (exact) mass is 251 g/mol. The average Bonchev–Trinajstić information content (AvgIpc) is 2.37. The van der Waals surface area contributed by atoms with Gasteiger partial charge in [0.1, 0.15) is 5.56 Å². The maximum absolute atomic E-state index is 11.0. The third-order valence-electron chi connectivity index (χ3n) is 2.91. The van der Waals surface area contributed by atoms with E-state index in [1.807, 2.05) is 7.05 Å². The van der Waals surface area contributed by atoms with E-state index in [2.05, 4.69) is 15.2 Å². The minimum absolute atomic E-state index is 0.0820. The summed E-state index contributed by atoms with van der Waals surface area (Å²) in [5.41, 5.74) is 0.760. The number of likely N-dealkylation sites (N-methyl/N-ethyl adjacent to an activating group) is 1. The molecular weight excluding hydrogens is 234 g/mol. The molecule has 6 nitrogen and oxygen atoms in total. The number of carboxylic acid groups (broad SMARTS) is 1. The molecule has 1 aliphatic rings. The Morgan fingerprint density at radius 1 is 1.72 bits per heavy atom. The average molecular weight is 251 g/mol. The number of nitrogens with zero attached hydrogens (tertiary/aromatic N) is 2. The van der Waals surface area contributed by atoms with E-state index in [-0.39, 0.29) is 11.7 Å². The SMILES string of the molecule is CN1CCOC(CNc2ccncc2C(=O)O)C1. The van der Waals surface area contributed by atoms with Crippen LogP contribution < -0.4 is 5.32 Å². The van der Waals surface area contributed by atoms with Gasteiger partial charge in [0.05, 0.1) is 18.4 Å². The van der Waals surface area contributed by atoms with Gasteiger partial charge in [-0.1, -0.05) is 0 Å². The third kappa shape index (κ3) is 3.18. The van der Waals surface area contributed by atoms with Crippen molar-refractivity contribution < 1.29 is 14.6 Å². The predicted octanol–water partition coefficient (Wildman–Crippen LogP) is 0.522. The van der Waals surface area contributed by atoms with Gasteiger partial charge in [-0.2, -0.15) is 0 Å². The van der Waals surface area contributed by atoms with Crippen LogP contribution in [0.25, 0.3) is 0 Å². The molecule has 18 heavy (non-hydrogen) atoms. The number of carboxylic acids is 1. The van der Waals surface area contributed by atoms with Gasteiger partial charge in [0.25, 0.3) is 0 Å². The van der Waals surface area contributed by atoms with Crippen LogP contribution in [0.1, 0.15) is 10.4 Å². The molecule has 1 fully saturated rings. The minimum atomic E-state index is -0.979. The van der Waals surface area contributed by atoms with Crippen molar-refractivity contribution in [2.45, 2.75) is 6.10 Å². The van der Waals surface area contributed by atoms with Crippen LogP contribution in [0.2, 0.25) is 0 Å². The molecule has 0 saturated carbocycles. The number of aromatic nitrogens is 1. The quantitative estimate of drug-likeness (QED) is 0.812. The maximum atomic E-state index is 11.0. The van der Waals surface area contributed by atoms with Crippen LogP contribution in [0.4, 0.5) is 5.69 Å².